The van der Waals surface area contributed by atoms with Gasteiger partial charge in [0.2, 0.25) is 0 Å². The van der Waals surface area contributed by atoms with Crippen LogP contribution in [-0.4, -0.2) is 11.4 Å². The number of rotatable bonds is 4. The van der Waals surface area contributed by atoms with Gasteiger partial charge in [0.05, 0.1) is 4.47 Å². The fourth-order valence-electron chi connectivity index (χ4n) is 1.91. The van der Waals surface area contributed by atoms with Gasteiger partial charge in [-0.05, 0) is 60.5 Å². The van der Waals surface area contributed by atoms with E-state index >= 15 is 0 Å². The van der Waals surface area contributed by atoms with Crippen LogP contribution in [0.5, 0.6) is 5.75 Å². The number of amides is 1. The number of carbonyl (C=O) groups is 1. The molecule has 0 radical (unpaired) electrons. The van der Waals surface area contributed by atoms with E-state index < -0.39 is 0 Å². The van der Waals surface area contributed by atoms with Crippen molar-refractivity contribution in [2.24, 2.45) is 0 Å². The van der Waals surface area contributed by atoms with Gasteiger partial charge < -0.3 is 10.1 Å². The average Bonchev–Trinajstić information content (AvgIpc) is 2.45. The first-order chi connectivity index (χ1) is 10.3. The monoisotopic (exact) mass is 361 g/mol. The second-order valence-corrected chi connectivity index (χ2v) is 6.98. The quantitative estimate of drug-likeness (QED) is 0.866. The SMILES string of the molecule is CC(C)(C)NC(=O)c1ccc(OCc2ccccc2)c(Br)c1. The summed E-state index contributed by atoms with van der Waals surface area (Å²) in [6, 6.07) is 15.3. The molecule has 2 aromatic rings. The van der Waals surface area contributed by atoms with E-state index in [1.807, 2.05) is 57.2 Å². The molecule has 0 atom stereocenters. The Labute approximate surface area is 139 Å². The molecule has 0 spiro atoms. The van der Waals surface area contributed by atoms with Gasteiger partial charge in [-0.15, -0.1) is 0 Å². The maximum atomic E-state index is 12.1. The third kappa shape index (κ3) is 4.88. The fraction of sp³-hybridized carbons (Fsp3) is 0.278. The van der Waals surface area contributed by atoms with E-state index in [1.165, 1.54) is 0 Å². The Balaban J connectivity index is 2.05. The van der Waals surface area contributed by atoms with Gasteiger partial charge in [-0.1, -0.05) is 30.3 Å². The topological polar surface area (TPSA) is 38.3 Å². The molecule has 116 valence electrons. The zero-order valence-corrected chi connectivity index (χ0v) is 14.6. The van der Waals surface area contributed by atoms with Gasteiger partial charge >= 0.3 is 0 Å². The lowest BCUT2D eigenvalue weighted by Crippen LogP contribution is -2.40. The van der Waals surface area contributed by atoms with Crippen LogP contribution in [-0.2, 0) is 6.61 Å². The van der Waals surface area contributed by atoms with E-state index in [0.717, 1.165) is 15.8 Å². The van der Waals surface area contributed by atoms with Crippen molar-refractivity contribution >= 4 is 21.8 Å². The minimum absolute atomic E-state index is 0.0946. The Hall–Kier alpha value is -1.81. The van der Waals surface area contributed by atoms with Crippen molar-refractivity contribution in [1.82, 2.24) is 5.32 Å². The maximum Gasteiger partial charge on any atom is 0.251 e. The summed E-state index contributed by atoms with van der Waals surface area (Å²) >= 11 is 3.46. The third-order valence-corrected chi connectivity index (χ3v) is 3.54. The maximum absolute atomic E-state index is 12.1. The number of halogens is 1. The van der Waals surface area contributed by atoms with Crippen LogP contribution in [0.3, 0.4) is 0 Å². The Bertz CT molecular complexity index is 648. The van der Waals surface area contributed by atoms with Gasteiger partial charge in [-0.3, -0.25) is 4.79 Å². The lowest BCUT2D eigenvalue weighted by molar-refractivity contribution is 0.0919. The minimum Gasteiger partial charge on any atom is -0.488 e. The minimum atomic E-state index is -0.258. The molecule has 0 aliphatic rings. The second-order valence-electron chi connectivity index (χ2n) is 6.12. The van der Waals surface area contributed by atoms with Gasteiger partial charge in [-0.2, -0.15) is 0 Å². The van der Waals surface area contributed by atoms with E-state index in [1.54, 1.807) is 12.1 Å². The van der Waals surface area contributed by atoms with Crippen LogP contribution in [0.2, 0.25) is 0 Å². The molecular formula is C18H20BrNO2. The predicted octanol–water partition coefficient (Wildman–Crippen LogP) is 4.56. The normalized spacial score (nSPS) is 11.1. The van der Waals surface area contributed by atoms with E-state index in [9.17, 15) is 4.79 Å². The summed E-state index contributed by atoms with van der Waals surface area (Å²) in [7, 11) is 0. The summed E-state index contributed by atoms with van der Waals surface area (Å²) in [6.07, 6.45) is 0. The summed E-state index contributed by atoms with van der Waals surface area (Å²) in [6.45, 7) is 6.36. The molecule has 22 heavy (non-hydrogen) atoms. The zero-order valence-electron chi connectivity index (χ0n) is 13.0. The smallest absolute Gasteiger partial charge is 0.251 e. The van der Waals surface area contributed by atoms with Crippen LogP contribution < -0.4 is 10.1 Å². The molecule has 0 unspecified atom stereocenters. The summed E-state index contributed by atoms with van der Waals surface area (Å²) in [5.41, 5.74) is 1.45. The van der Waals surface area contributed by atoms with E-state index in [0.29, 0.717) is 12.2 Å². The number of ether oxygens (including phenoxy) is 1. The lowest BCUT2D eigenvalue weighted by atomic mass is 10.1. The Morgan fingerprint density at radius 2 is 1.82 bits per heavy atom. The molecule has 0 aliphatic carbocycles. The van der Waals surface area contributed by atoms with Crippen LogP contribution in [0.1, 0.15) is 36.7 Å². The molecule has 3 nitrogen and oxygen atoms in total. The fourth-order valence-corrected chi connectivity index (χ4v) is 2.40. The summed E-state index contributed by atoms with van der Waals surface area (Å²) in [5.74, 6) is 0.624. The number of nitrogens with one attached hydrogen (secondary N) is 1. The van der Waals surface area contributed by atoms with Crippen molar-refractivity contribution in [3.05, 3.63) is 64.1 Å². The molecule has 0 aromatic heterocycles. The molecule has 2 rings (SSSR count). The molecule has 1 N–H and O–H groups in total. The van der Waals surface area contributed by atoms with Crippen LogP contribution >= 0.6 is 15.9 Å². The van der Waals surface area contributed by atoms with Crippen molar-refractivity contribution in [1.29, 1.82) is 0 Å². The van der Waals surface area contributed by atoms with Crippen LogP contribution in [0.4, 0.5) is 0 Å². The molecule has 0 bridgehead atoms. The van der Waals surface area contributed by atoms with Gasteiger partial charge in [-0.25, -0.2) is 0 Å². The van der Waals surface area contributed by atoms with Gasteiger partial charge in [0, 0.05) is 11.1 Å². The highest BCUT2D eigenvalue weighted by Crippen LogP contribution is 2.27. The number of benzene rings is 2. The third-order valence-electron chi connectivity index (χ3n) is 2.92. The Kier molecular flexibility index (Phi) is 5.24. The summed E-state index contributed by atoms with van der Waals surface area (Å²) in [5, 5.41) is 2.94. The largest absolute Gasteiger partial charge is 0.488 e. The highest BCUT2D eigenvalue weighted by Gasteiger charge is 2.16. The average molecular weight is 362 g/mol. The Morgan fingerprint density at radius 3 is 2.41 bits per heavy atom. The van der Waals surface area contributed by atoms with Gasteiger partial charge in [0.15, 0.2) is 0 Å². The molecule has 0 fully saturated rings. The van der Waals surface area contributed by atoms with Crippen LogP contribution in [0, 0.1) is 0 Å². The molecule has 4 heteroatoms. The first-order valence-electron chi connectivity index (χ1n) is 7.14. The van der Waals surface area contributed by atoms with Crippen LogP contribution in [0.15, 0.2) is 53.0 Å². The molecule has 0 saturated carbocycles. The van der Waals surface area contributed by atoms with Crippen molar-refractivity contribution in [3.63, 3.8) is 0 Å². The molecule has 0 saturated heterocycles. The first-order valence-corrected chi connectivity index (χ1v) is 7.93. The molecule has 0 heterocycles. The number of hydrogen-bond donors (Lipinski definition) is 1. The second kappa shape index (κ2) is 6.97. The molecular weight excluding hydrogens is 342 g/mol. The van der Waals surface area contributed by atoms with Gasteiger partial charge in [0.25, 0.3) is 5.91 Å². The zero-order chi connectivity index (χ0) is 16.2. The Morgan fingerprint density at radius 1 is 1.14 bits per heavy atom. The van der Waals surface area contributed by atoms with Crippen LogP contribution in [0.25, 0.3) is 0 Å². The highest BCUT2D eigenvalue weighted by molar-refractivity contribution is 9.10. The van der Waals surface area contributed by atoms with Gasteiger partial charge in [0.1, 0.15) is 12.4 Å². The van der Waals surface area contributed by atoms with E-state index in [-0.39, 0.29) is 11.4 Å². The van der Waals surface area contributed by atoms with E-state index in [4.69, 9.17) is 4.74 Å². The van der Waals surface area contributed by atoms with E-state index in [2.05, 4.69) is 21.2 Å². The molecule has 0 aliphatic heterocycles. The first kappa shape index (κ1) is 16.6. The molecule has 1 amide bonds. The number of carbonyl (C=O) groups excluding carboxylic acids is 1. The lowest BCUT2D eigenvalue weighted by Gasteiger charge is -2.20. The summed E-state index contributed by atoms with van der Waals surface area (Å²) in [4.78, 5) is 12.1. The van der Waals surface area contributed by atoms with Crippen molar-refractivity contribution in [3.8, 4) is 5.75 Å². The highest BCUT2D eigenvalue weighted by atomic mass is 79.9. The summed E-state index contributed by atoms with van der Waals surface area (Å²) < 4.78 is 6.55. The van der Waals surface area contributed by atoms with Crippen molar-refractivity contribution in [2.75, 3.05) is 0 Å². The van der Waals surface area contributed by atoms with Crippen molar-refractivity contribution < 1.29 is 9.53 Å². The number of hydrogen-bond acceptors (Lipinski definition) is 2. The standard InChI is InChI=1S/C18H20BrNO2/c1-18(2,3)20-17(21)14-9-10-16(15(19)11-14)22-12-13-7-5-4-6-8-13/h4-11H,12H2,1-3H3,(H,20,21). The predicted molar refractivity (Wildman–Crippen MR) is 92.1 cm³/mol. The van der Waals surface area contributed by atoms with Crippen molar-refractivity contribution in [2.45, 2.75) is 32.9 Å². The molecule has 2 aromatic carbocycles.